The van der Waals surface area contributed by atoms with Crippen molar-refractivity contribution in [2.45, 2.75) is 19.1 Å². The van der Waals surface area contributed by atoms with E-state index in [2.05, 4.69) is 11.1 Å². The van der Waals surface area contributed by atoms with Crippen LogP contribution in [0.2, 0.25) is 0 Å². The molecule has 0 fully saturated rings. The molecule has 0 unspecified atom stereocenters. The highest BCUT2D eigenvalue weighted by Gasteiger charge is 2.15. The Labute approximate surface area is 128 Å². The molecule has 0 bridgehead atoms. The van der Waals surface area contributed by atoms with Crippen molar-refractivity contribution >= 4 is 5.65 Å². The number of hydrogen-bond acceptors (Lipinski definition) is 4. The van der Waals surface area contributed by atoms with Crippen LogP contribution in [0.15, 0.2) is 48.8 Å². The maximum atomic E-state index is 9.58. The highest BCUT2D eigenvalue weighted by Crippen LogP contribution is 2.22. The summed E-state index contributed by atoms with van der Waals surface area (Å²) in [5.74, 6) is 0. The van der Waals surface area contributed by atoms with E-state index >= 15 is 0 Å². The second-order valence-electron chi connectivity index (χ2n) is 5.30. The van der Waals surface area contributed by atoms with E-state index in [0.29, 0.717) is 11.3 Å². The third kappa shape index (κ3) is 2.58. The first-order valence-corrected chi connectivity index (χ1v) is 7.01. The van der Waals surface area contributed by atoms with Crippen molar-refractivity contribution in [3.63, 3.8) is 0 Å². The molecule has 3 N–H and O–H groups in total. The summed E-state index contributed by atoms with van der Waals surface area (Å²) < 4.78 is 1.89. The third-order valence-electron chi connectivity index (χ3n) is 3.68. The van der Waals surface area contributed by atoms with E-state index in [4.69, 9.17) is 11.0 Å². The quantitative estimate of drug-likeness (QED) is 0.775. The summed E-state index contributed by atoms with van der Waals surface area (Å²) in [6.07, 6.45) is 3.14. The fourth-order valence-corrected chi connectivity index (χ4v) is 2.33. The number of aliphatic hydroxyl groups is 1. The fraction of sp³-hybridized carbons (Fsp3) is 0.176. The van der Waals surface area contributed by atoms with E-state index in [1.807, 2.05) is 41.1 Å². The summed E-state index contributed by atoms with van der Waals surface area (Å²) in [4.78, 5) is 4.43. The Bertz CT molecular complexity index is 843. The molecule has 0 aliphatic rings. The van der Waals surface area contributed by atoms with Gasteiger partial charge in [-0.1, -0.05) is 12.1 Å². The molecule has 2 atom stereocenters. The van der Waals surface area contributed by atoms with Crippen molar-refractivity contribution in [3.8, 4) is 17.2 Å². The van der Waals surface area contributed by atoms with Crippen LogP contribution in [0.1, 0.15) is 24.2 Å². The first-order chi connectivity index (χ1) is 10.6. The van der Waals surface area contributed by atoms with Crippen LogP contribution in [0.25, 0.3) is 16.8 Å². The van der Waals surface area contributed by atoms with E-state index in [-0.39, 0.29) is 0 Å². The van der Waals surface area contributed by atoms with Crippen molar-refractivity contribution in [2.75, 3.05) is 0 Å². The second kappa shape index (κ2) is 5.60. The van der Waals surface area contributed by atoms with Gasteiger partial charge in [0.15, 0.2) is 0 Å². The summed E-state index contributed by atoms with van der Waals surface area (Å²) in [5.41, 5.74) is 10.0. The lowest BCUT2D eigenvalue weighted by molar-refractivity contribution is 0.163. The first kappa shape index (κ1) is 14.3. The van der Waals surface area contributed by atoms with Gasteiger partial charge in [0, 0.05) is 12.4 Å². The van der Waals surface area contributed by atoms with Crippen LogP contribution < -0.4 is 5.73 Å². The minimum Gasteiger partial charge on any atom is -0.391 e. The number of hydrogen-bond donors (Lipinski definition) is 2. The molecule has 22 heavy (non-hydrogen) atoms. The minimum atomic E-state index is -0.650. The van der Waals surface area contributed by atoms with Crippen LogP contribution in [-0.2, 0) is 0 Å². The van der Waals surface area contributed by atoms with Crippen molar-refractivity contribution in [2.24, 2.45) is 5.73 Å². The van der Waals surface area contributed by atoms with Gasteiger partial charge in [0.25, 0.3) is 0 Å². The molecule has 0 spiro atoms. The molecule has 1 aromatic carbocycles. The molecule has 0 aliphatic heterocycles. The smallest absolute Gasteiger partial charge is 0.137 e. The molecule has 5 nitrogen and oxygen atoms in total. The van der Waals surface area contributed by atoms with Crippen molar-refractivity contribution in [1.29, 1.82) is 5.26 Å². The van der Waals surface area contributed by atoms with Gasteiger partial charge in [-0.3, -0.25) is 0 Å². The largest absolute Gasteiger partial charge is 0.391 e. The Balaban J connectivity index is 2.00. The van der Waals surface area contributed by atoms with Crippen LogP contribution in [0.3, 0.4) is 0 Å². The summed E-state index contributed by atoms with van der Waals surface area (Å²) in [6, 6.07) is 12.9. The second-order valence-corrected chi connectivity index (χ2v) is 5.30. The SMILES string of the molecule is C[C@@H](O)[C@H](N)c1cn2cc(-c3ccc(C#N)cc3)ccc2n1. The molecular formula is C17H16N4O. The molecule has 0 radical (unpaired) electrons. The number of nitrogens with two attached hydrogens (primary N) is 1. The minimum absolute atomic E-state index is 0.502. The van der Waals surface area contributed by atoms with E-state index < -0.39 is 12.1 Å². The molecule has 0 amide bonds. The van der Waals surface area contributed by atoms with Crippen LogP contribution >= 0.6 is 0 Å². The van der Waals surface area contributed by atoms with E-state index in [0.717, 1.165) is 16.8 Å². The Morgan fingerprint density at radius 2 is 1.82 bits per heavy atom. The average molecular weight is 292 g/mol. The number of nitrogens with zero attached hydrogens (tertiary/aromatic N) is 3. The number of aliphatic hydroxyl groups excluding tert-OH is 1. The van der Waals surface area contributed by atoms with Gasteiger partial charge in [-0.25, -0.2) is 4.98 Å². The molecular weight excluding hydrogens is 276 g/mol. The molecule has 0 saturated carbocycles. The lowest BCUT2D eigenvalue weighted by Crippen LogP contribution is -2.23. The van der Waals surface area contributed by atoms with Crippen LogP contribution in [0.5, 0.6) is 0 Å². The van der Waals surface area contributed by atoms with Gasteiger partial charge in [0.2, 0.25) is 0 Å². The third-order valence-corrected chi connectivity index (χ3v) is 3.68. The Morgan fingerprint density at radius 1 is 1.14 bits per heavy atom. The zero-order valence-electron chi connectivity index (χ0n) is 12.1. The summed E-state index contributed by atoms with van der Waals surface area (Å²) in [7, 11) is 0. The first-order valence-electron chi connectivity index (χ1n) is 7.01. The maximum Gasteiger partial charge on any atom is 0.137 e. The molecule has 2 heterocycles. The summed E-state index contributed by atoms with van der Waals surface area (Å²) in [5, 5.41) is 18.4. The standard InChI is InChI=1S/C17H16N4O/c1-11(22)17(19)15-10-21-9-14(6-7-16(21)20-15)13-4-2-12(8-18)3-5-13/h2-7,9-11,17,22H,19H2,1H3/t11-,17+/m1/s1. The number of imidazole rings is 1. The van der Waals surface area contributed by atoms with Gasteiger partial charge in [-0.05, 0) is 42.3 Å². The summed E-state index contributed by atoms with van der Waals surface area (Å²) in [6.45, 7) is 1.65. The highest BCUT2D eigenvalue weighted by molar-refractivity contribution is 5.65. The number of aromatic nitrogens is 2. The molecule has 3 rings (SSSR count). The number of rotatable bonds is 3. The van der Waals surface area contributed by atoms with Crippen LogP contribution in [0, 0.1) is 11.3 Å². The van der Waals surface area contributed by atoms with E-state index in [1.54, 1.807) is 19.1 Å². The highest BCUT2D eigenvalue weighted by atomic mass is 16.3. The normalized spacial score (nSPS) is 13.7. The number of pyridine rings is 1. The predicted molar refractivity (Wildman–Crippen MR) is 84.0 cm³/mol. The molecule has 2 aromatic heterocycles. The number of benzene rings is 1. The van der Waals surface area contributed by atoms with Crippen molar-refractivity contribution < 1.29 is 5.11 Å². The summed E-state index contributed by atoms with van der Waals surface area (Å²) >= 11 is 0. The van der Waals surface area contributed by atoms with Gasteiger partial charge in [0.05, 0.1) is 29.5 Å². The van der Waals surface area contributed by atoms with Gasteiger partial charge < -0.3 is 15.2 Å². The van der Waals surface area contributed by atoms with Crippen LogP contribution in [0.4, 0.5) is 0 Å². The van der Waals surface area contributed by atoms with Gasteiger partial charge in [-0.15, -0.1) is 0 Å². The molecule has 110 valence electrons. The zero-order valence-corrected chi connectivity index (χ0v) is 12.1. The number of fused-ring (bicyclic) bond motifs is 1. The van der Waals surface area contributed by atoms with Gasteiger partial charge in [0.1, 0.15) is 5.65 Å². The van der Waals surface area contributed by atoms with Gasteiger partial charge >= 0.3 is 0 Å². The lowest BCUT2D eigenvalue weighted by Gasteiger charge is -2.10. The van der Waals surface area contributed by atoms with E-state index in [9.17, 15) is 5.11 Å². The topological polar surface area (TPSA) is 87.3 Å². The Morgan fingerprint density at radius 3 is 2.45 bits per heavy atom. The van der Waals surface area contributed by atoms with Crippen molar-refractivity contribution in [3.05, 3.63) is 60.0 Å². The number of nitriles is 1. The molecule has 5 heteroatoms. The van der Waals surface area contributed by atoms with Crippen LogP contribution in [-0.4, -0.2) is 20.6 Å². The molecule has 3 aromatic rings. The molecule has 0 aliphatic carbocycles. The Hall–Kier alpha value is -2.68. The van der Waals surface area contributed by atoms with Gasteiger partial charge in [-0.2, -0.15) is 5.26 Å². The fourth-order valence-electron chi connectivity index (χ4n) is 2.33. The zero-order chi connectivity index (χ0) is 15.7. The molecule has 0 saturated heterocycles. The average Bonchev–Trinajstić information content (AvgIpc) is 2.97. The maximum absolute atomic E-state index is 9.58. The van der Waals surface area contributed by atoms with E-state index in [1.165, 1.54) is 0 Å². The van der Waals surface area contributed by atoms with Crippen molar-refractivity contribution in [1.82, 2.24) is 9.38 Å². The predicted octanol–water partition coefficient (Wildman–Crippen LogP) is 2.25. The lowest BCUT2D eigenvalue weighted by atomic mass is 10.1. The monoisotopic (exact) mass is 292 g/mol. The Kier molecular flexibility index (Phi) is 3.63.